The SMILES string of the molecule is CC(=O)N1CCC(N/C=C(\CN)C2=CNC3=CC=C(N=C(N)C=C(C=N)C(C)C)NC3=C2)CC1. The molecule has 0 spiro atoms. The summed E-state index contributed by atoms with van der Waals surface area (Å²) in [5.41, 5.74) is 16.7. The Labute approximate surface area is 201 Å². The zero-order valence-corrected chi connectivity index (χ0v) is 20.2. The number of rotatable bonds is 8. The van der Waals surface area contributed by atoms with Crippen molar-refractivity contribution in [1.29, 1.82) is 5.41 Å². The quantitative estimate of drug-likeness (QED) is 0.238. The first-order chi connectivity index (χ1) is 16.3. The number of hydrogen-bond acceptors (Lipinski definition) is 7. The van der Waals surface area contributed by atoms with Crippen molar-refractivity contribution >= 4 is 18.0 Å². The zero-order chi connectivity index (χ0) is 24.7. The predicted octanol–water partition coefficient (Wildman–Crippen LogP) is 1.72. The Kier molecular flexibility index (Phi) is 8.48. The largest absolute Gasteiger partial charge is 0.388 e. The fourth-order valence-corrected chi connectivity index (χ4v) is 3.90. The number of amidine groups is 1. The van der Waals surface area contributed by atoms with Crippen LogP contribution in [0, 0.1) is 11.3 Å². The van der Waals surface area contributed by atoms with Crippen molar-refractivity contribution in [1.82, 2.24) is 20.9 Å². The summed E-state index contributed by atoms with van der Waals surface area (Å²) in [6.07, 6.45) is 14.6. The topological polar surface area (TPSA) is 145 Å². The Morgan fingerprint density at radius 3 is 2.68 bits per heavy atom. The third-order valence-corrected chi connectivity index (χ3v) is 6.07. The van der Waals surface area contributed by atoms with Gasteiger partial charge in [0.05, 0.1) is 11.4 Å². The number of carbonyl (C=O) groups excluding carboxylic acids is 1. The Bertz CT molecular complexity index is 1020. The molecule has 0 bridgehead atoms. The van der Waals surface area contributed by atoms with E-state index in [4.69, 9.17) is 16.9 Å². The van der Waals surface area contributed by atoms with E-state index in [9.17, 15) is 4.79 Å². The lowest BCUT2D eigenvalue weighted by atomic mass is 10.0. The third kappa shape index (κ3) is 6.48. The second-order valence-corrected chi connectivity index (χ2v) is 8.86. The molecule has 0 unspecified atom stereocenters. The predicted molar refractivity (Wildman–Crippen MR) is 137 cm³/mol. The summed E-state index contributed by atoms with van der Waals surface area (Å²) in [7, 11) is 0. The highest BCUT2D eigenvalue weighted by Gasteiger charge is 2.20. The molecule has 34 heavy (non-hydrogen) atoms. The lowest BCUT2D eigenvalue weighted by molar-refractivity contribution is -0.129. The molecule has 0 aromatic rings. The van der Waals surface area contributed by atoms with Gasteiger partial charge in [0.25, 0.3) is 0 Å². The van der Waals surface area contributed by atoms with Crippen molar-refractivity contribution in [3.05, 3.63) is 70.6 Å². The normalized spacial score (nSPS) is 19.8. The number of nitrogens with two attached hydrogens (primary N) is 2. The van der Waals surface area contributed by atoms with Crippen molar-refractivity contribution in [2.75, 3.05) is 19.6 Å². The van der Waals surface area contributed by atoms with Crippen molar-refractivity contribution in [3.63, 3.8) is 0 Å². The van der Waals surface area contributed by atoms with Crippen molar-refractivity contribution < 1.29 is 4.79 Å². The molecule has 1 fully saturated rings. The minimum Gasteiger partial charge on any atom is -0.388 e. The summed E-state index contributed by atoms with van der Waals surface area (Å²) in [6, 6.07) is 0.321. The van der Waals surface area contributed by atoms with Gasteiger partial charge in [-0.15, -0.1) is 0 Å². The summed E-state index contributed by atoms with van der Waals surface area (Å²) in [5, 5.41) is 17.6. The Balaban J connectivity index is 1.67. The van der Waals surface area contributed by atoms with Gasteiger partial charge in [-0.3, -0.25) is 4.79 Å². The van der Waals surface area contributed by atoms with Crippen LogP contribution in [0.25, 0.3) is 0 Å². The molecule has 1 saturated heterocycles. The van der Waals surface area contributed by atoms with Gasteiger partial charge in [-0.05, 0) is 59.8 Å². The Morgan fingerprint density at radius 1 is 1.32 bits per heavy atom. The number of nitrogens with zero attached hydrogens (tertiary/aromatic N) is 2. The highest BCUT2D eigenvalue weighted by atomic mass is 16.2. The van der Waals surface area contributed by atoms with Gasteiger partial charge >= 0.3 is 0 Å². The van der Waals surface area contributed by atoms with Crippen LogP contribution in [-0.4, -0.2) is 48.5 Å². The van der Waals surface area contributed by atoms with Crippen LogP contribution in [-0.2, 0) is 4.79 Å². The maximum absolute atomic E-state index is 11.5. The van der Waals surface area contributed by atoms with Crippen LogP contribution < -0.4 is 27.4 Å². The fourth-order valence-electron chi connectivity index (χ4n) is 3.90. The van der Waals surface area contributed by atoms with E-state index in [1.807, 2.05) is 49.4 Å². The molecule has 9 heteroatoms. The molecule has 1 amide bonds. The van der Waals surface area contributed by atoms with Crippen LogP contribution in [0.2, 0.25) is 0 Å². The molecule has 0 radical (unpaired) electrons. The van der Waals surface area contributed by atoms with E-state index >= 15 is 0 Å². The van der Waals surface area contributed by atoms with Gasteiger partial charge in [0, 0.05) is 51.2 Å². The molecule has 3 aliphatic rings. The monoisotopic (exact) mass is 464 g/mol. The van der Waals surface area contributed by atoms with E-state index in [0.717, 1.165) is 54.0 Å². The molecule has 3 aliphatic heterocycles. The molecular formula is C25H36N8O. The van der Waals surface area contributed by atoms with Gasteiger partial charge in [-0.25, -0.2) is 4.99 Å². The van der Waals surface area contributed by atoms with Crippen LogP contribution in [0.15, 0.2) is 75.6 Å². The molecule has 0 aromatic carbocycles. The Morgan fingerprint density at radius 2 is 2.06 bits per heavy atom. The molecular weight excluding hydrogens is 428 g/mol. The number of fused-ring (bicyclic) bond motifs is 1. The number of likely N-dealkylation sites (tertiary alicyclic amines) is 1. The van der Waals surface area contributed by atoms with E-state index < -0.39 is 0 Å². The van der Waals surface area contributed by atoms with E-state index in [0.29, 0.717) is 24.2 Å². The second-order valence-electron chi connectivity index (χ2n) is 8.86. The van der Waals surface area contributed by atoms with E-state index in [-0.39, 0.29) is 11.8 Å². The van der Waals surface area contributed by atoms with Gasteiger partial charge in [0.15, 0.2) is 0 Å². The molecule has 182 valence electrons. The number of nitrogens with one attached hydrogen (secondary N) is 4. The van der Waals surface area contributed by atoms with Crippen molar-refractivity contribution in [3.8, 4) is 0 Å². The van der Waals surface area contributed by atoms with Gasteiger partial charge in [-0.2, -0.15) is 0 Å². The minimum absolute atomic E-state index is 0.135. The average Bonchev–Trinajstić information content (AvgIpc) is 2.82. The standard InChI is InChI=1S/C25H36N8O/c1-16(2)18(12-26)11-24(28)32-25-5-4-22-23(31-25)10-19(14-30-22)20(13-27)15-29-21-6-8-33(9-7-21)17(3)34/h4-5,10-12,14-16,21,26,29-31H,6-9,13,27H2,1-3H3,(H2,28,32)/b18-11?,20-15+,26-12?. The van der Waals surface area contributed by atoms with Gasteiger partial charge in [-0.1, -0.05) is 13.8 Å². The summed E-state index contributed by atoms with van der Waals surface area (Å²) in [6.45, 7) is 7.58. The number of carbonyl (C=O) groups is 1. The Hall–Kier alpha value is -3.59. The second kappa shape index (κ2) is 11.5. The first-order valence-electron chi connectivity index (χ1n) is 11.7. The van der Waals surface area contributed by atoms with Crippen molar-refractivity contribution in [2.24, 2.45) is 22.4 Å². The van der Waals surface area contributed by atoms with Crippen LogP contribution in [0.3, 0.4) is 0 Å². The number of hydrogen-bond donors (Lipinski definition) is 6. The molecule has 0 saturated carbocycles. The molecule has 0 aliphatic carbocycles. The van der Waals surface area contributed by atoms with Crippen LogP contribution in [0.1, 0.15) is 33.6 Å². The molecule has 3 heterocycles. The summed E-state index contributed by atoms with van der Waals surface area (Å²) in [5.74, 6) is 1.29. The molecule has 9 nitrogen and oxygen atoms in total. The van der Waals surface area contributed by atoms with Crippen LogP contribution in [0.5, 0.6) is 0 Å². The summed E-state index contributed by atoms with van der Waals surface area (Å²) in [4.78, 5) is 17.9. The number of amides is 1. The van der Waals surface area contributed by atoms with Gasteiger partial charge in [0.1, 0.15) is 11.7 Å². The lowest BCUT2D eigenvalue weighted by Crippen LogP contribution is -2.43. The summed E-state index contributed by atoms with van der Waals surface area (Å²) >= 11 is 0. The van der Waals surface area contributed by atoms with Crippen LogP contribution >= 0.6 is 0 Å². The van der Waals surface area contributed by atoms with E-state index in [1.165, 1.54) is 6.21 Å². The molecule has 3 rings (SSSR count). The first-order valence-corrected chi connectivity index (χ1v) is 11.7. The zero-order valence-electron chi connectivity index (χ0n) is 20.2. The van der Waals surface area contributed by atoms with Gasteiger partial charge < -0.3 is 37.7 Å². The average molecular weight is 465 g/mol. The first kappa shape index (κ1) is 25.0. The minimum atomic E-state index is 0.135. The highest BCUT2D eigenvalue weighted by molar-refractivity contribution is 5.97. The van der Waals surface area contributed by atoms with Gasteiger partial charge in [0.2, 0.25) is 5.91 Å². The molecule has 8 N–H and O–H groups in total. The molecule has 0 aromatic heterocycles. The number of aliphatic imine (C=N–C) groups is 1. The van der Waals surface area contributed by atoms with Crippen LogP contribution in [0.4, 0.5) is 0 Å². The number of piperidine rings is 1. The number of allylic oxidation sites excluding steroid dienone is 4. The fraction of sp³-hybridized carbons (Fsp3) is 0.400. The number of dihydropyridines is 2. The third-order valence-electron chi connectivity index (χ3n) is 6.07. The van der Waals surface area contributed by atoms with E-state index in [2.05, 4.69) is 20.9 Å². The maximum atomic E-state index is 11.5. The van der Waals surface area contributed by atoms with Crippen molar-refractivity contribution in [2.45, 2.75) is 39.7 Å². The lowest BCUT2D eigenvalue weighted by Gasteiger charge is -2.31. The highest BCUT2D eigenvalue weighted by Crippen LogP contribution is 2.23. The smallest absolute Gasteiger partial charge is 0.219 e. The van der Waals surface area contributed by atoms with E-state index in [1.54, 1.807) is 13.0 Å². The molecule has 0 atom stereocenters. The maximum Gasteiger partial charge on any atom is 0.219 e. The summed E-state index contributed by atoms with van der Waals surface area (Å²) < 4.78 is 0.